The van der Waals surface area contributed by atoms with Crippen molar-refractivity contribution in [3.63, 3.8) is 0 Å². The average Bonchev–Trinajstić information content (AvgIpc) is 3.43. The van der Waals surface area contributed by atoms with Crippen molar-refractivity contribution >= 4 is 62.4 Å². The summed E-state index contributed by atoms with van der Waals surface area (Å²) in [6.45, 7) is -0.190. The van der Waals surface area contributed by atoms with Gasteiger partial charge in [0.25, 0.3) is 0 Å². The van der Waals surface area contributed by atoms with E-state index in [-0.39, 0.29) is 19.2 Å². The maximum atomic E-state index is 12.5. The third-order valence-corrected chi connectivity index (χ3v) is 6.16. The Morgan fingerprint density at radius 2 is 2.10 bits per heavy atom. The zero-order valence-corrected chi connectivity index (χ0v) is 18.2. The number of hydrogen-bond donors (Lipinski definition) is 2. The number of aliphatic imine (C=N–C) groups is 1. The fourth-order valence-electron chi connectivity index (χ4n) is 3.28. The van der Waals surface area contributed by atoms with Gasteiger partial charge in [-0.25, -0.2) is 0 Å². The smallest absolute Gasteiger partial charge is 0.311 e. The van der Waals surface area contributed by atoms with Crippen molar-refractivity contribution in [3.05, 3.63) is 61.0 Å². The molecule has 8 nitrogen and oxygen atoms in total. The Hall–Kier alpha value is -3.37. The summed E-state index contributed by atoms with van der Waals surface area (Å²) < 4.78 is 12.5. The van der Waals surface area contributed by atoms with Crippen molar-refractivity contribution in [2.75, 3.05) is 12.1 Å². The molecule has 0 atom stereocenters. The Morgan fingerprint density at radius 3 is 2.97 bits per heavy atom. The molecule has 2 N–H and O–H groups in total. The largest absolute Gasteiger partial charge is 0.493 e. The number of nitrogens with zero attached hydrogens (tertiary/aromatic N) is 2. The Labute approximate surface area is 188 Å². The summed E-state index contributed by atoms with van der Waals surface area (Å²) in [4.78, 5) is 29.1. The highest BCUT2D eigenvalue weighted by Gasteiger charge is 2.19. The van der Waals surface area contributed by atoms with Gasteiger partial charge in [-0.3, -0.25) is 19.1 Å². The third kappa shape index (κ3) is 3.75. The van der Waals surface area contributed by atoms with E-state index in [1.165, 1.54) is 0 Å². The van der Waals surface area contributed by atoms with Crippen molar-refractivity contribution in [1.82, 2.24) is 4.57 Å². The highest BCUT2D eigenvalue weighted by molar-refractivity contribution is 9.10. The number of benzene rings is 2. The first-order valence-corrected chi connectivity index (χ1v) is 10.8. The molecule has 1 amide bonds. The van der Waals surface area contributed by atoms with Gasteiger partial charge in [-0.15, -0.1) is 0 Å². The maximum Gasteiger partial charge on any atom is 0.311 e. The number of fused-ring (bicyclic) bond motifs is 2. The number of aromatic nitrogens is 1. The van der Waals surface area contributed by atoms with Gasteiger partial charge < -0.3 is 19.9 Å². The van der Waals surface area contributed by atoms with Crippen LogP contribution in [0.1, 0.15) is 10.4 Å². The first-order chi connectivity index (χ1) is 15.0. The van der Waals surface area contributed by atoms with Crippen LogP contribution in [-0.2, 0) is 11.3 Å². The minimum Gasteiger partial charge on any atom is -0.493 e. The molecule has 3 aromatic rings. The van der Waals surface area contributed by atoms with Gasteiger partial charge >= 0.3 is 4.87 Å². The van der Waals surface area contributed by atoms with Gasteiger partial charge in [-0.2, -0.15) is 0 Å². The van der Waals surface area contributed by atoms with Crippen molar-refractivity contribution in [2.45, 2.75) is 6.54 Å². The number of anilines is 1. The highest BCUT2D eigenvalue weighted by atomic mass is 79.9. The van der Waals surface area contributed by atoms with E-state index in [0.717, 1.165) is 37.2 Å². The number of nitrogens with one attached hydrogen (secondary N) is 1. The van der Waals surface area contributed by atoms with Crippen LogP contribution >= 0.6 is 27.3 Å². The molecule has 0 fully saturated rings. The summed E-state index contributed by atoms with van der Waals surface area (Å²) in [5, 5.41) is 13.3. The van der Waals surface area contributed by atoms with Gasteiger partial charge in [0.1, 0.15) is 6.54 Å². The van der Waals surface area contributed by atoms with Gasteiger partial charge in [-0.05, 0) is 36.4 Å². The van der Waals surface area contributed by atoms with Gasteiger partial charge in [0.2, 0.25) is 18.6 Å². The van der Waals surface area contributed by atoms with Crippen LogP contribution < -0.4 is 19.7 Å². The Balaban J connectivity index is 1.36. The number of aromatic hydroxyl groups is 1. The predicted molar refractivity (Wildman–Crippen MR) is 122 cm³/mol. The lowest BCUT2D eigenvalue weighted by Gasteiger charge is -2.07. The number of carbonyl (C=O) groups is 1. The van der Waals surface area contributed by atoms with Crippen LogP contribution in [0.3, 0.4) is 0 Å². The molecule has 0 aliphatic carbocycles. The van der Waals surface area contributed by atoms with E-state index < -0.39 is 10.8 Å². The van der Waals surface area contributed by atoms with E-state index in [9.17, 15) is 14.7 Å². The van der Waals surface area contributed by atoms with Crippen LogP contribution in [0.2, 0.25) is 0 Å². The van der Waals surface area contributed by atoms with Crippen LogP contribution in [-0.4, -0.2) is 28.6 Å². The van der Waals surface area contributed by atoms with E-state index in [4.69, 9.17) is 9.47 Å². The Morgan fingerprint density at radius 1 is 1.26 bits per heavy atom. The van der Waals surface area contributed by atoms with E-state index in [2.05, 4.69) is 26.2 Å². The molecule has 3 heterocycles. The summed E-state index contributed by atoms with van der Waals surface area (Å²) in [6.07, 6.45) is 3.37. The molecule has 1 aromatic heterocycles. The zero-order chi connectivity index (χ0) is 21.5. The highest BCUT2D eigenvalue weighted by Crippen LogP contribution is 2.36. The van der Waals surface area contributed by atoms with Gasteiger partial charge in [0.05, 0.1) is 10.6 Å². The zero-order valence-electron chi connectivity index (χ0n) is 15.8. The molecule has 10 heteroatoms. The van der Waals surface area contributed by atoms with Crippen molar-refractivity contribution in [3.8, 4) is 17.4 Å². The molecule has 0 radical (unpaired) electrons. The van der Waals surface area contributed by atoms with Crippen LogP contribution in [0.25, 0.3) is 11.6 Å². The molecule has 0 saturated heterocycles. The summed E-state index contributed by atoms with van der Waals surface area (Å²) in [7, 11) is 0. The molecule has 0 spiro atoms. The fraction of sp³-hybridized carbons (Fsp3) is 0.0952. The molecule has 0 bridgehead atoms. The monoisotopic (exact) mass is 499 g/mol. The van der Waals surface area contributed by atoms with Crippen molar-refractivity contribution < 1.29 is 19.4 Å². The standard InChI is InChI=1S/C21H14BrN3O5S/c22-12-1-3-15-14(6-12)11(8-23-15)5-18-20(27)25(21(28)31-18)9-19(26)24-13-2-4-16-17(7-13)30-10-29-16/h1-8,27H,9-10H2,(H,24,26). The molecule has 5 rings (SSSR count). The van der Waals surface area contributed by atoms with E-state index in [1.807, 2.05) is 18.2 Å². The second kappa shape index (κ2) is 7.71. The number of halogens is 1. The molecular weight excluding hydrogens is 486 g/mol. The molecule has 0 unspecified atom stereocenters. The molecule has 2 aliphatic heterocycles. The molecule has 31 heavy (non-hydrogen) atoms. The van der Waals surface area contributed by atoms with Gasteiger partial charge in [0, 0.05) is 33.6 Å². The minimum absolute atomic E-state index is 0.134. The first kappa shape index (κ1) is 19.6. The second-order valence-electron chi connectivity index (χ2n) is 6.78. The normalized spacial score (nSPS) is 14.8. The van der Waals surface area contributed by atoms with Crippen molar-refractivity contribution in [1.29, 1.82) is 0 Å². The van der Waals surface area contributed by atoms with Crippen LogP contribution in [0.5, 0.6) is 17.4 Å². The summed E-state index contributed by atoms with van der Waals surface area (Å²) in [5.74, 6) is 0.420. The lowest BCUT2D eigenvalue weighted by atomic mass is 10.1. The fourth-order valence-corrected chi connectivity index (χ4v) is 4.48. The maximum absolute atomic E-state index is 12.5. The molecule has 0 saturated carbocycles. The average molecular weight is 500 g/mol. The summed E-state index contributed by atoms with van der Waals surface area (Å²) in [5.41, 5.74) is 2.97. The van der Waals surface area contributed by atoms with E-state index >= 15 is 0 Å². The molecule has 156 valence electrons. The molecular formula is C21H14BrN3O5S. The van der Waals surface area contributed by atoms with Crippen LogP contribution in [0.4, 0.5) is 11.4 Å². The third-order valence-electron chi connectivity index (χ3n) is 4.75. The number of ether oxygens (including phenoxy) is 2. The Bertz CT molecular complexity index is 1340. The topological polar surface area (TPSA) is 102 Å². The summed E-state index contributed by atoms with van der Waals surface area (Å²) >= 11 is 4.30. The second-order valence-corrected chi connectivity index (χ2v) is 8.69. The van der Waals surface area contributed by atoms with Gasteiger partial charge in [0.15, 0.2) is 11.5 Å². The first-order valence-electron chi connectivity index (χ1n) is 9.16. The van der Waals surface area contributed by atoms with E-state index in [1.54, 1.807) is 30.5 Å². The molecule has 2 aromatic carbocycles. The lowest BCUT2D eigenvalue weighted by molar-refractivity contribution is -0.116. The SMILES string of the molecule is O=C(Cn1c(O)c(C=C2C=Nc3ccc(Br)cc32)sc1=O)Nc1ccc2c(c1)OCO2. The number of amides is 1. The Kier molecular flexibility index (Phi) is 4.87. The number of thiazole rings is 1. The molecule has 2 aliphatic rings. The van der Waals surface area contributed by atoms with Crippen LogP contribution in [0.15, 0.2) is 50.7 Å². The summed E-state index contributed by atoms with van der Waals surface area (Å²) in [6, 6.07) is 10.7. The van der Waals surface area contributed by atoms with E-state index in [0.29, 0.717) is 22.1 Å². The van der Waals surface area contributed by atoms with Crippen molar-refractivity contribution in [2.24, 2.45) is 4.99 Å². The number of carbonyl (C=O) groups excluding carboxylic acids is 1. The van der Waals surface area contributed by atoms with Gasteiger partial charge in [-0.1, -0.05) is 27.3 Å². The predicted octanol–water partition coefficient (Wildman–Crippen LogP) is 4.00. The minimum atomic E-state index is -0.454. The quantitative estimate of drug-likeness (QED) is 0.564. The van der Waals surface area contributed by atoms with Crippen LogP contribution in [0, 0.1) is 0 Å². The number of allylic oxidation sites excluding steroid dienone is 1. The number of rotatable bonds is 4. The number of hydrogen-bond acceptors (Lipinski definition) is 7. The lowest BCUT2D eigenvalue weighted by Crippen LogP contribution is -2.24.